The molecule has 0 aromatic heterocycles. The summed E-state index contributed by atoms with van der Waals surface area (Å²) in [5.41, 5.74) is -0.0380. The second kappa shape index (κ2) is 6.66. The van der Waals surface area contributed by atoms with Gasteiger partial charge in [0.15, 0.2) is 0 Å². The zero-order chi connectivity index (χ0) is 14.7. The Morgan fingerprint density at radius 1 is 1.33 bits per heavy atom. The summed E-state index contributed by atoms with van der Waals surface area (Å²) < 4.78 is 11.3. The highest BCUT2D eigenvalue weighted by Crippen LogP contribution is 2.39. The Labute approximate surface area is 128 Å². The molecule has 4 nitrogen and oxygen atoms in total. The summed E-state index contributed by atoms with van der Waals surface area (Å²) in [6.07, 6.45) is 9.09. The van der Waals surface area contributed by atoms with Gasteiger partial charge in [0.1, 0.15) is 0 Å². The zero-order valence-corrected chi connectivity index (χ0v) is 13.3. The van der Waals surface area contributed by atoms with Crippen LogP contribution in [0.1, 0.15) is 51.4 Å². The molecule has 2 atom stereocenters. The summed E-state index contributed by atoms with van der Waals surface area (Å²) >= 11 is 0. The largest absolute Gasteiger partial charge is 0.385 e. The number of hydrogen-bond donors (Lipinski definition) is 0. The first kappa shape index (κ1) is 15.3. The van der Waals surface area contributed by atoms with E-state index in [2.05, 4.69) is 4.90 Å². The highest BCUT2D eigenvalue weighted by molar-refractivity contribution is 5.77. The molecular weight excluding hydrogens is 266 g/mol. The third kappa shape index (κ3) is 3.59. The lowest BCUT2D eigenvalue weighted by Crippen LogP contribution is -2.36. The number of ether oxygens (including phenoxy) is 2. The molecule has 0 aromatic rings. The number of hydrogen-bond acceptors (Lipinski definition) is 3. The Balaban J connectivity index is 1.47. The maximum absolute atomic E-state index is 12.4. The highest BCUT2D eigenvalue weighted by atomic mass is 16.5. The molecule has 1 saturated carbocycles. The summed E-state index contributed by atoms with van der Waals surface area (Å²) in [4.78, 5) is 14.5. The van der Waals surface area contributed by atoms with E-state index in [-0.39, 0.29) is 5.60 Å². The van der Waals surface area contributed by atoms with Gasteiger partial charge in [0.05, 0.1) is 12.2 Å². The molecule has 3 rings (SSSR count). The van der Waals surface area contributed by atoms with Crippen molar-refractivity contribution in [1.29, 1.82) is 0 Å². The van der Waals surface area contributed by atoms with Gasteiger partial charge in [-0.15, -0.1) is 0 Å². The molecule has 3 fully saturated rings. The SMILES string of the molecule is COCCC1COC2(CCN(C(=O)CC3CCCC3)C2)C1. The van der Waals surface area contributed by atoms with Crippen molar-refractivity contribution in [3.63, 3.8) is 0 Å². The molecule has 4 heteroatoms. The number of carbonyl (C=O) groups is 1. The molecule has 1 spiro atoms. The van der Waals surface area contributed by atoms with Gasteiger partial charge in [-0.3, -0.25) is 4.79 Å². The average molecular weight is 295 g/mol. The Morgan fingerprint density at radius 3 is 2.90 bits per heavy atom. The van der Waals surface area contributed by atoms with Crippen molar-refractivity contribution in [1.82, 2.24) is 4.90 Å². The molecule has 0 aromatic carbocycles. The Kier molecular flexibility index (Phi) is 4.85. The third-order valence-electron chi connectivity index (χ3n) is 5.62. The van der Waals surface area contributed by atoms with Crippen LogP contribution in [0.4, 0.5) is 0 Å². The van der Waals surface area contributed by atoms with Crippen LogP contribution in [-0.4, -0.2) is 49.8 Å². The van der Waals surface area contributed by atoms with Crippen LogP contribution in [0.15, 0.2) is 0 Å². The van der Waals surface area contributed by atoms with Crippen molar-refractivity contribution in [2.24, 2.45) is 11.8 Å². The number of nitrogens with zero attached hydrogens (tertiary/aromatic N) is 1. The predicted octanol–water partition coefficient (Wildman–Crippen LogP) is 2.61. The number of rotatable bonds is 5. The van der Waals surface area contributed by atoms with E-state index in [0.717, 1.165) is 52.0 Å². The number of methoxy groups -OCH3 is 1. The molecule has 0 radical (unpaired) electrons. The van der Waals surface area contributed by atoms with Crippen molar-refractivity contribution in [2.45, 2.75) is 57.0 Å². The van der Waals surface area contributed by atoms with E-state index in [1.54, 1.807) is 7.11 Å². The van der Waals surface area contributed by atoms with Crippen LogP contribution in [0.5, 0.6) is 0 Å². The molecule has 2 unspecified atom stereocenters. The van der Waals surface area contributed by atoms with Gasteiger partial charge >= 0.3 is 0 Å². The fourth-order valence-electron chi connectivity index (χ4n) is 4.34. The summed E-state index contributed by atoms with van der Waals surface area (Å²) in [6.45, 7) is 3.37. The second-order valence-electron chi connectivity index (χ2n) is 7.27. The van der Waals surface area contributed by atoms with Gasteiger partial charge in [0.2, 0.25) is 5.91 Å². The lowest BCUT2D eigenvalue weighted by Gasteiger charge is -2.24. The maximum atomic E-state index is 12.4. The highest BCUT2D eigenvalue weighted by Gasteiger charge is 2.46. The molecule has 2 saturated heterocycles. The van der Waals surface area contributed by atoms with E-state index in [4.69, 9.17) is 9.47 Å². The molecular formula is C17H29NO3. The maximum Gasteiger partial charge on any atom is 0.222 e. The van der Waals surface area contributed by atoms with Crippen LogP contribution >= 0.6 is 0 Å². The fourth-order valence-corrected chi connectivity index (χ4v) is 4.34. The average Bonchev–Trinajstić information content (AvgIpc) is 3.20. The van der Waals surface area contributed by atoms with E-state index in [0.29, 0.717) is 17.7 Å². The topological polar surface area (TPSA) is 38.8 Å². The normalized spacial score (nSPS) is 33.4. The van der Waals surface area contributed by atoms with E-state index < -0.39 is 0 Å². The summed E-state index contributed by atoms with van der Waals surface area (Å²) in [7, 11) is 1.75. The van der Waals surface area contributed by atoms with Crippen molar-refractivity contribution < 1.29 is 14.3 Å². The van der Waals surface area contributed by atoms with Crippen LogP contribution < -0.4 is 0 Å². The molecule has 1 amide bonds. The fraction of sp³-hybridized carbons (Fsp3) is 0.941. The van der Waals surface area contributed by atoms with E-state index >= 15 is 0 Å². The monoisotopic (exact) mass is 295 g/mol. The summed E-state index contributed by atoms with van der Waals surface area (Å²) in [5, 5.41) is 0. The van der Waals surface area contributed by atoms with Gasteiger partial charge in [-0.25, -0.2) is 0 Å². The van der Waals surface area contributed by atoms with Gasteiger partial charge in [-0.1, -0.05) is 12.8 Å². The van der Waals surface area contributed by atoms with Crippen molar-refractivity contribution in [3.05, 3.63) is 0 Å². The van der Waals surface area contributed by atoms with Crippen LogP contribution in [0.2, 0.25) is 0 Å². The lowest BCUT2D eigenvalue weighted by atomic mass is 9.92. The first-order valence-corrected chi connectivity index (χ1v) is 8.61. The Morgan fingerprint density at radius 2 is 2.14 bits per heavy atom. The first-order chi connectivity index (χ1) is 10.2. The minimum Gasteiger partial charge on any atom is -0.385 e. The van der Waals surface area contributed by atoms with Gasteiger partial charge < -0.3 is 14.4 Å². The van der Waals surface area contributed by atoms with Gasteiger partial charge in [-0.05, 0) is 43.9 Å². The molecule has 1 aliphatic carbocycles. The molecule has 2 aliphatic heterocycles. The third-order valence-corrected chi connectivity index (χ3v) is 5.62. The van der Waals surface area contributed by atoms with E-state index in [1.165, 1.54) is 25.7 Å². The Hall–Kier alpha value is -0.610. The second-order valence-corrected chi connectivity index (χ2v) is 7.27. The predicted molar refractivity (Wildman–Crippen MR) is 81.1 cm³/mol. The van der Waals surface area contributed by atoms with Crippen molar-refractivity contribution in [2.75, 3.05) is 33.4 Å². The molecule has 120 valence electrons. The molecule has 0 N–H and O–H groups in total. The smallest absolute Gasteiger partial charge is 0.222 e. The van der Waals surface area contributed by atoms with E-state index in [9.17, 15) is 4.79 Å². The lowest BCUT2D eigenvalue weighted by molar-refractivity contribution is -0.132. The minimum atomic E-state index is -0.0380. The van der Waals surface area contributed by atoms with Crippen LogP contribution in [-0.2, 0) is 14.3 Å². The summed E-state index contributed by atoms with van der Waals surface area (Å²) in [5.74, 6) is 1.62. The van der Waals surface area contributed by atoms with Crippen molar-refractivity contribution >= 4 is 5.91 Å². The zero-order valence-electron chi connectivity index (χ0n) is 13.3. The van der Waals surface area contributed by atoms with Gasteiger partial charge in [0, 0.05) is 33.2 Å². The number of amides is 1. The van der Waals surface area contributed by atoms with Crippen LogP contribution in [0.25, 0.3) is 0 Å². The number of carbonyl (C=O) groups excluding carboxylic acids is 1. The van der Waals surface area contributed by atoms with E-state index in [1.807, 2.05) is 0 Å². The van der Waals surface area contributed by atoms with Crippen molar-refractivity contribution in [3.8, 4) is 0 Å². The number of likely N-dealkylation sites (tertiary alicyclic amines) is 1. The molecule has 0 bridgehead atoms. The summed E-state index contributed by atoms with van der Waals surface area (Å²) in [6, 6.07) is 0. The standard InChI is InChI=1S/C17H29NO3/c1-20-9-6-15-11-17(21-12-15)7-8-18(13-17)16(19)10-14-4-2-3-5-14/h14-15H,2-13H2,1H3. The molecule has 2 heterocycles. The van der Waals surface area contributed by atoms with Gasteiger partial charge in [0.25, 0.3) is 0 Å². The molecule has 3 aliphatic rings. The minimum absolute atomic E-state index is 0.0380. The van der Waals surface area contributed by atoms with Crippen LogP contribution in [0.3, 0.4) is 0 Å². The first-order valence-electron chi connectivity index (χ1n) is 8.61. The Bertz CT molecular complexity index is 367. The molecule has 21 heavy (non-hydrogen) atoms. The van der Waals surface area contributed by atoms with Crippen LogP contribution in [0, 0.1) is 11.8 Å². The quantitative estimate of drug-likeness (QED) is 0.782. The van der Waals surface area contributed by atoms with Gasteiger partial charge in [-0.2, -0.15) is 0 Å².